The maximum absolute atomic E-state index is 12.2. The van der Waals surface area contributed by atoms with Gasteiger partial charge in [-0.1, -0.05) is 17.7 Å². The smallest absolute Gasteiger partial charge is 0.321 e. The van der Waals surface area contributed by atoms with Crippen molar-refractivity contribution in [1.82, 2.24) is 4.90 Å². The number of carbonyl (C=O) groups is 3. The molecule has 6 nitrogen and oxygen atoms in total. The van der Waals surface area contributed by atoms with Crippen molar-refractivity contribution in [2.45, 2.75) is 25.7 Å². The molecule has 1 saturated heterocycles. The summed E-state index contributed by atoms with van der Waals surface area (Å²) in [5.74, 6) is -0.372. The summed E-state index contributed by atoms with van der Waals surface area (Å²) >= 11 is 5.81. The molecule has 2 aromatic rings. The second-order valence-corrected chi connectivity index (χ2v) is 7.12. The SMILES string of the molecule is O=C(CCC(=O)c1ccc(Cl)cc1)Nc1cccc(NC(=O)N2CCCC2)c1. The summed E-state index contributed by atoms with van der Waals surface area (Å²) in [7, 11) is 0. The van der Waals surface area contributed by atoms with Gasteiger partial charge < -0.3 is 15.5 Å². The summed E-state index contributed by atoms with van der Waals surface area (Å²) in [6.07, 6.45) is 2.24. The molecule has 1 aliphatic heterocycles. The fourth-order valence-electron chi connectivity index (χ4n) is 3.03. The van der Waals surface area contributed by atoms with Crippen molar-refractivity contribution in [1.29, 1.82) is 0 Å². The molecule has 0 radical (unpaired) electrons. The Balaban J connectivity index is 1.50. The molecule has 3 amide bonds. The summed E-state index contributed by atoms with van der Waals surface area (Å²) in [5, 5.41) is 6.17. The number of nitrogens with one attached hydrogen (secondary N) is 2. The van der Waals surface area contributed by atoms with Crippen LogP contribution in [0.1, 0.15) is 36.0 Å². The standard InChI is InChI=1S/C21H22ClN3O3/c22-16-8-6-15(7-9-16)19(26)10-11-20(27)23-17-4-3-5-18(14-17)24-21(28)25-12-1-2-13-25/h3-9,14H,1-2,10-13H2,(H,23,27)(H,24,28). The number of hydrogen-bond donors (Lipinski definition) is 2. The number of anilines is 2. The molecular formula is C21H22ClN3O3. The molecule has 0 bridgehead atoms. The molecule has 0 spiro atoms. The van der Waals surface area contributed by atoms with Gasteiger partial charge in [-0.25, -0.2) is 4.79 Å². The summed E-state index contributed by atoms with van der Waals surface area (Å²) in [4.78, 5) is 38.2. The van der Waals surface area contributed by atoms with E-state index in [0.717, 1.165) is 25.9 Å². The van der Waals surface area contributed by atoms with E-state index in [4.69, 9.17) is 11.6 Å². The first-order chi connectivity index (χ1) is 13.5. The number of halogens is 1. The topological polar surface area (TPSA) is 78.5 Å². The highest BCUT2D eigenvalue weighted by Gasteiger charge is 2.17. The van der Waals surface area contributed by atoms with Crippen LogP contribution in [0.3, 0.4) is 0 Å². The maximum atomic E-state index is 12.2. The Kier molecular flexibility index (Phi) is 6.66. The van der Waals surface area contributed by atoms with Gasteiger partial charge in [0.15, 0.2) is 5.78 Å². The summed E-state index contributed by atoms with van der Waals surface area (Å²) in [6.45, 7) is 1.54. The number of amides is 3. The lowest BCUT2D eigenvalue weighted by molar-refractivity contribution is -0.116. The van der Waals surface area contributed by atoms with E-state index in [0.29, 0.717) is 22.0 Å². The minimum atomic E-state index is -0.259. The van der Waals surface area contributed by atoms with Gasteiger partial charge in [-0.2, -0.15) is 0 Å². The van der Waals surface area contributed by atoms with Gasteiger partial charge in [0.05, 0.1) is 0 Å². The van der Waals surface area contributed by atoms with Gasteiger partial charge in [-0.15, -0.1) is 0 Å². The van der Waals surface area contributed by atoms with E-state index < -0.39 is 0 Å². The summed E-state index contributed by atoms with van der Waals surface area (Å²) in [6, 6.07) is 13.4. The van der Waals surface area contributed by atoms with Crippen LogP contribution in [0, 0.1) is 0 Å². The molecule has 0 saturated carbocycles. The van der Waals surface area contributed by atoms with Crippen LogP contribution in [0.2, 0.25) is 5.02 Å². The predicted octanol–water partition coefficient (Wildman–Crippen LogP) is 4.57. The number of urea groups is 1. The normalized spacial score (nSPS) is 13.2. The van der Waals surface area contributed by atoms with Crippen LogP contribution >= 0.6 is 11.6 Å². The number of carbonyl (C=O) groups excluding carboxylic acids is 3. The molecule has 0 unspecified atom stereocenters. The van der Waals surface area contributed by atoms with Crippen LogP contribution in [0.4, 0.5) is 16.2 Å². The first-order valence-electron chi connectivity index (χ1n) is 9.26. The van der Waals surface area contributed by atoms with Crippen molar-refractivity contribution in [2.24, 2.45) is 0 Å². The predicted molar refractivity (Wildman–Crippen MR) is 110 cm³/mol. The van der Waals surface area contributed by atoms with E-state index in [1.54, 1.807) is 53.4 Å². The van der Waals surface area contributed by atoms with E-state index in [9.17, 15) is 14.4 Å². The van der Waals surface area contributed by atoms with Crippen LogP contribution in [0.15, 0.2) is 48.5 Å². The van der Waals surface area contributed by atoms with Crippen LogP contribution in [-0.4, -0.2) is 35.7 Å². The Morgan fingerprint density at radius 2 is 1.54 bits per heavy atom. The Morgan fingerprint density at radius 1 is 0.893 bits per heavy atom. The second-order valence-electron chi connectivity index (χ2n) is 6.68. The molecule has 146 valence electrons. The zero-order valence-electron chi connectivity index (χ0n) is 15.4. The summed E-state index contributed by atoms with van der Waals surface area (Å²) < 4.78 is 0. The van der Waals surface area contributed by atoms with Gasteiger partial charge in [0.1, 0.15) is 0 Å². The molecule has 0 aliphatic carbocycles. The lowest BCUT2D eigenvalue weighted by Crippen LogP contribution is -2.32. The zero-order chi connectivity index (χ0) is 19.9. The molecule has 0 atom stereocenters. The third-order valence-electron chi connectivity index (χ3n) is 4.54. The van der Waals surface area contributed by atoms with Crippen LogP contribution < -0.4 is 10.6 Å². The second kappa shape index (κ2) is 9.37. The molecule has 0 aromatic heterocycles. The third kappa shape index (κ3) is 5.57. The molecule has 1 heterocycles. The quantitative estimate of drug-likeness (QED) is 0.698. The van der Waals surface area contributed by atoms with Crippen molar-refractivity contribution >= 4 is 40.7 Å². The molecule has 3 rings (SSSR count). The molecule has 2 aromatic carbocycles. The highest BCUT2D eigenvalue weighted by molar-refractivity contribution is 6.30. The largest absolute Gasteiger partial charge is 0.326 e. The minimum Gasteiger partial charge on any atom is -0.326 e. The average molecular weight is 400 g/mol. The number of likely N-dealkylation sites (tertiary alicyclic amines) is 1. The number of nitrogens with zero attached hydrogens (tertiary/aromatic N) is 1. The van der Waals surface area contributed by atoms with Crippen molar-refractivity contribution in [3.05, 3.63) is 59.1 Å². The highest BCUT2D eigenvalue weighted by Crippen LogP contribution is 2.18. The van der Waals surface area contributed by atoms with Gasteiger partial charge in [0.2, 0.25) is 5.91 Å². The Bertz CT molecular complexity index is 861. The van der Waals surface area contributed by atoms with Crippen molar-refractivity contribution in [3.63, 3.8) is 0 Å². The van der Waals surface area contributed by atoms with Gasteiger partial charge in [-0.05, 0) is 55.3 Å². The number of benzene rings is 2. The van der Waals surface area contributed by atoms with Gasteiger partial charge in [0.25, 0.3) is 0 Å². The van der Waals surface area contributed by atoms with Crippen molar-refractivity contribution in [2.75, 3.05) is 23.7 Å². The van der Waals surface area contributed by atoms with Gasteiger partial charge in [-0.3, -0.25) is 9.59 Å². The first kappa shape index (κ1) is 19.9. The lowest BCUT2D eigenvalue weighted by atomic mass is 10.1. The van der Waals surface area contributed by atoms with E-state index >= 15 is 0 Å². The van der Waals surface area contributed by atoms with Gasteiger partial charge in [0, 0.05) is 47.9 Å². The molecule has 28 heavy (non-hydrogen) atoms. The number of hydrogen-bond acceptors (Lipinski definition) is 3. The number of Topliss-reactive ketones (excluding diaryl/α,β-unsaturated/α-hetero) is 1. The average Bonchev–Trinajstić information content (AvgIpc) is 3.22. The lowest BCUT2D eigenvalue weighted by Gasteiger charge is -2.16. The van der Waals surface area contributed by atoms with Crippen LogP contribution in [-0.2, 0) is 4.79 Å². The van der Waals surface area contributed by atoms with Crippen LogP contribution in [0.25, 0.3) is 0 Å². The number of rotatable bonds is 6. The van der Waals surface area contributed by atoms with Crippen LogP contribution in [0.5, 0.6) is 0 Å². The zero-order valence-corrected chi connectivity index (χ0v) is 16.2. The fourth-order valence-corrected chi connectivity index (χ4v) is 3.15. The molecule has 7 heteroatoms. The first-order valence-corrected chi connectivity index (χ1v) is 9.64. The summed E-state index contributed by atoms with van der Waals surface area (Å²) in [5.41, 5.74) is 1.72. The van der Waals surface area contributed by atoms with Gasteiger partial charge >= 0.3 is 6.03 Å². The third-order valence-corrected chi connectivity index (χ3v) is 4.79. The maximum Gasteiger partial charge on any atom is 0.321 e. The molecular weight excluding hydrogens is 378 g/mol. The Hall–Kier alpha value is -2.86. The van der Waals surface area contributed by atoms with Crippen molar-refractivity contribution in [3.8, 4) is 0 Å². The van der Waals surface area contributed by atoms with E-state index in [1.807, 2.05) is 0 Å². The highest BCUT2D eigenvalue weighted by atomic mass is 35.5. The Morgan fingerprint density at radius 3 is 2.21 bits per heavy atom. The van der Waals surface area contributed by atoms with E-state index in [1.165, 1.54) is 0 Å². The van der Waals surface area contributed by atoms with Crippen molar-refractivity contribution < 1.29 is 14.4 Å². The molecule has 2 N–H and O–H groups in total. The minimum absolute atomic E-state index is 0.0752. The fraction of sp³-hybridized carbons (Fsp3) is 0.286. The molecule has 1 fully saturated rings. The monoisotopic (exact) mass is 399 g/mol. The van der Waals surface area contributed by atoms with E-state index in [-0.39, 0.29) is 30.6 Å². The molecule has 1 aliphatic rings. The Labute approximate surface area is 168 Å². The van der Waals surface area contributed by atoms with E-state index in [2.05, 4.69) is 10.6 Å². The number of ketones is 1.